The zero-order valence-corrected chi connectivity index (χ0v) is 10.3. The Labute approximate surface area is 101 Å². The monoisotopic (exact) mass is 234 g/mol. The normalized spacial score (nSPS) is 24.7. The third-order valence-corrected chi connectivity index (χ3v) is 3.46. The van der Waals surface area contributed by atoms with Crippen molar-refractivity contribution in [1.82, 2.24) is 9.88 Å². The molecule has 0 aliphatic carbocycles. The van der Waals surface area contributed by atoms with Crippen LogP contribution in [0.5, 0.6) is 5.75 Å². The lowest BCUT2D eigenvalue weighted by molar-refractivity contribution is 0.0507. The molecule has 92 valence electrons. The number of piperidine rings is 1. The van der Waals surface area contributed by atoms with Crippen molar-refractivity contribution in [2.45, 2.75) is 45.2 Å². The van der Waals surface area contributed by atoms with Gasteiger partial charge in [0.15, 0.2) is 0 Å². The standard InChI is InChI=1S/C13H18N2O2/c1-9-4-3-5-10(2)15(9)13(17)11-6-7-14-8-12(11)16/h6-10,16H,3-5H2,1-2H3. The van der Waals surface area contributed by atoms with E-state index in [2.05, 4.69) is 18.8 Å². The molecule has 1 aromatic rings. The molecule has 17 heavy (non-hydrogen) atoms. The lowest BCUT2D eigenvalue weighted by Gasteiger charge is -2.39. The zero-order chi connectivity index (χ0) is 12.4. The van der Waals surface area contributed by atoms with Crippen LogP contribution in [0, 0.1) is 0 Å². The largest absolute Gasteiger partial charge is 0.505 e. The van der Waals surface area contributed by atoms with Gasteiger partial charge in [-0.2, -0.15) is 0 Å². The summed E-state index contributed by atoms with van der Waals surface area (Å²) >= 11 is 0. The molecule has 1 fully saturated rings. The van der Waals surface area contributed by atoms with Gasteiger partial charge >= 0.3 is 0 Å². The van der Waals surface area contributed by atoms with E-state index in [-0.39, 0.29) is 23.7 Å². The average Bonchev–Trinajstić information content (AvgIpc) is 2.29. The lowest BCUT2D eigenvalue weighted by Crippen LogP contribution is -2.47. The van der Waals surface area contributed by atoms with Gasteiger partial charge in [0.25, 0.3) is 5.91 Å². The minimum atomic E-state index is -0.0930. The van der Waals surface area contributed by atoms with Gasteiger partial charge < -0.3 is 10.0 Å². The molecule has 2 unspecified atom stereocenters. The molecule has 0 spiro atoms. The minimum absolute atomic E-state index is 0.0394. The number of pyridine rings is 1. The molecule has 0 aromatic carbocycles. The van der Waals surface area contributed by atoms with Crippen molar-refractivity contribution in [2.24, 2.45) is 0 Å². The van der Waals surface area contributed by atoms with Crippen molar-refractivity contribution in [2.75, 3.05) is 0 Å². The predicted octanol–water partition coefficient (Wildman–Crippen LogP) is 2.19. The van der Waals surface area contributed by atoms with Crippen LogP contribution in [0.3, 0.4) is 0 Å². The Kier molecular flexibility index (Phi) is 3.31. The molecule has 0 saturated carbocycles. The molecule has 1 amide bonds. The van der Waals surface area contributed by atoms with Gasteiger partial charge in [0.05, 0.1) is 11.8 Å². The number of hydrogen-bond acceptors (Lipinski definition) is 3. The minimum Gasteiger partial charge on any atom is -0.505 e. The molecule has 1 N–H and O–H groups in total. The van der Waals surface area contributed by atoms with E-state index < -0.39 is 0 Å². The number of likely N-dealkylation sites (tertiary alicyclic amines) is 1. The summed E-state index contributed by atoms with van der Waals surface area (Å²) in [7, 11) is 0. The lowest BCUT2D eigenvalue weighted by atomic mass is 9.96. The van der Waals surface area contributed by atoms with Gasteiger partial charge in [0, 0.05) is 18.3 Å². The molecule has 1 aliphatic rings. The highest BCUT2D eigenvalue weighted by Crippen LogP contribution is 2.26. The maximum Gasteiger partial charge on any atom is 0.258 e. The number of hydrogen-bond donors (Lipinski definition) is 1. The molecule has 2 atom stereocenters. The highest BCUT2D eigenvalue weighted by molar-refractivity contribution is 5.97. The topological polar surface area (TPSA) is 53.4 Å². The SMILES string of the molecule is CC1CCCC(C)N1C(=O)c1ccncc1O. The number of carbonyl (C=O) groups is 1. The van der Waals surface area contributed by atoms with Gasteiger partial charge in [-0.15, -0.1) is 0 Å². The summed E-state index contributed by atoms with van der Waals surface area (Å²) in [6.45, 7) is 4.12. The zero-order valence-electron chi connectivity index (χ0n) is 10.3. The first-order valence-corrected chi connectivity index (χ1v) is 6.07. The van der Waals surface area contributed by atoms with Crippen molar-refractivity contribution in [3.8, 4) is 5.75 Å². The number of rotatable bonds is 1. The number of aromatic nitrogens is 1. The molecule has 2 heterocycles. The van der Waals surface area contributed by atoms with Crippen molar-refractivity contribution >= 4 is 5.91 Å². The van der Waals surface area contributed by atoms with Crippen LogP contribution in [0.25, 0.3) is 0 Å². The quantitative estimate of drug-likeness (QED) is 0.810. The Morgan fingerprint density at radius 3 is 2.65 bits per heavy atom. The summed E-state index contributed by atoms with van der Waals surface area (Å²) in [4.78, 5) is 18.0. The molecule has 1 aromatic heterocycles. The van der Waals surface area contributed by atoms with Crippen LogP contribution in [0.2, 0.25) is 0 Å². The first-order valence-electron chi connectivity index (χ1n) is 6.07. The van der Waals surface area contributed by atoms with E-state index in [1.807, 2.05) is 4.90 Å². The molecule has 4 heteroatoms. The number of aromatic hydroxyl groups is 1. The van der Waals surface area contributed by atoms with Gasteiger partial charge in [0.1, 0.15) is 5.75 Å². The van der Waals surface area contributed by atoms with Gasteiger partial charge in [-0.05, 0) is 39.2 Å². The Bertz CT molecular complexity index is 410. The van der Waals surface area contributed by atoms with Gasteiger partial charge in [-0.1, -0.05) is 0 Å². The summed E-state index contributed by atoms with van der Waals surface area (Å²) in [6, 6.07) is 2.05. The number of nitrogens with zero attached hydrogens (tertiary/aromatic N) is 2. The predicted molar refractivity (Wildman–Crippen MR) is 64.8 cm³/mol. The molecule has 1 saturated heterocycles. The molecular formula is C13H18N2O2. The highest BCUT2D eigenvalue weighted by Gasteiger charge is 2.30. The molecular weight excluding hydrogens is 216 g/mol. The maximum atomic E-state index is 12.4. The fraction of sp³-hybridized carbons (Fsp3) is 0.538. The molecule has 0 radical (unpaired) electrons. The van der Waals surface area contributed by atoms with Crippen LogP contribution < -0.4 is 0 Å². The van der Waals surface area contributed by atoms with Crippen molar-refractivity contribution in [3.63, 3.8) is 0 Å². The van der Waals surface area contributed by atoms with Crippen LogP contribution in [0.1, 0.15) is 43.5 Å². The molecule has 2 rings (SSSR count). The van der Waals surface area contributed by atoms with E-state index in [1.165, 1.54) is 12.4 Å². The van der Waals surface area contributed by atoms with Crippen LogP contribution in [-0.2, 0) is 0 Å². The van der Waals surface area contributed by atoms with E-state index in [1.54, 1.807) is 6.07 Å². The van der Waals surface area contributed by atoms with E-state index >= 15 is 0 Å². The molecule has 1 aliphatic heterocycles. The molecule has 4 nitrogen and oxygen atoms in total. The van der Waals surface area contributed by atoms with Crippen LogP contribution in [0.15, 0.2) is 18.5 Å². The van der Waals surface area contributed by atoms with E-state index in [0.29, 0.717) is 5.56 Å². The Balaban J connectivity index is 2.27. The fourth-order valence-electron chi connectivity index (χ4n) is 2.53. The third kappa shape index (κ3) is 2.25. The summed E-state index contributed by atoms with van der Waals surface area (Å²) < 4.78 is 0. The number of carbonyl (C=O) groups excluding carboxylic acids is 1. The Hall–Kier alpha value is -1.58. The maximum absolute atomic E-state index is 12.4. The average molecular weight is 234 g/mol. The van der Waals surface area contributed by atoms with E-state index in [4.69, 9.17) is 0 Å². The highest BCUT2D eigenvalue weighted by atomic mass is 16.3. The second-order valence-corrected chi connectivity index (χ2v) is 4.73. The van der Waals surface area contributed by atoms with Gasteiger partial charge in [-0.25, -0.2) is 0 Å². The van der Waals surface area contributed by atoms with Crippen LogP contribution in [-0.4, -0.2) is 33.0 Å². The van der Waals surface area contributed by atoms with E-state index in [9.17, 15) is 9.90 Å². The second kappa shape index (κ2) is 4.73. The summed E-state index contributed by atoms with van der Waals surface area (Å²) in [5.74, 6) is -0.132. The fourth-order valence-corrected chi connectivity index (χ4v) is 2.53. The second-order valence-electron chi connectivity index (χ2n) is 4.73. The van der Waals surface area contributed by atoms with Crippen molar-refractivity contribution in [1.29, 1.82) is 0 Å². The first kappa shape index (κ1) is 11.9. The van der Waals surface area contributed by atoms with Crippen LogP contribution in [0.4, 0.5) is 0 Å². The summed E-state index contributed by atoms with van der Waals surface area (Å²) in [5, 5.41) is 9.67. The Morgan fingerprint density at radius 1 is 1.41 bits per heavy atom. The van der Waals surface area contributed by atoms with Gasteiger partial charge in [-0.3, -0.25) is 9.78 Å². The first-order chi connectivity index (χ1) is 8.11. The van der Waals surface area contributed by atoms with Crippen LogP contribution >= 0.6 is 0 Å². The van der Waals surface area contributed by atoms with Crippen molar-refractivity contribution < 1.29 is 9.90 Å². The Morgan fingerprint density at radius 2 is 2.06 bits per heavy atom. The third-order valence-electron chi connectivity index (χ3n) is 3.46. The van der Waals surface area contributed by atoms with Gasteiger partial charge in [0.2, 0.25) is 0 Å². The summed E-state index contributed by atoms with van der Waals surface area (Å²) in [6.07, 6.45) is 6.07. The number of amides is 1. The van der Waals surface area contributed by atoms with Crippen molar-refractivity contribution in [3.05, 3.63) is 24.0 Å². The molecule has 0 bridgehead atoms. The summed E-state index contributed by atoms with van der Waals surface area (Å²) in [5.41, 5.74) is 0.348. The smallest absolute Gasteiger partial charge is 0.258 e. The van der Waals surface area contributed by atoms with E-state index in [0.717, 1.165) is 19.3 Å².